The molecule has 0 aromatic carbocycles. The second kappa shape index (κ2) is 6.25. The van der Waals surface area contributed by atoms with Crippen molar-refractivity contribution in [1.82, 2.24) is 10.2 Å². The number of fused-ring (bicyclic) bond motifs is 1. The third-order valence-corrected chi connectivity index (χ3v) is 5.21. The predicted octanol–water partition coefficient (Wildman–Crippen LogP) is 2.56. The summed E-state index contributed by atoms with van der Waals surface area (Å²) in [6.07, 6.45) is 3.29. The van der Waals surface area contributed by atoms with E-state index in [1.165, 1.54) is 12.0 Å². The summed E-state index contributed by atoms with van der Waals surface area (Å²) in [5.74, 6) is 0.930. The number of aryl methyl sites for hydroxylation is 1. The van der Waals surface area contributed by atoms with E-state index in [0.29, 0.717) is 12.0 Å². The lowest BCUT2D eigenvalue weighted by atomic mass is 9.93. The molecule has 1 aromatic heterocycles. The third-order valence-electron chi connectivity index (χ3n) is 4.26. The highest BCUT2D eigenvalue weighted by molar-refractivity contribution is 7.12. The second-order valence-corrected chi connectivity index (χ2v) is 6.19. The van der Waals surface area contributed by atoms with E-state index < -0.39 is 0 Å². The largest absolute Gasteiger partial charge is 0.338 e. The van der Waals surface area contributed by atoms with Crippen molar-refractivity contribution in [3.63, 3.8) is 0 Å². The molecule has 2 aliphatic heterocycles. The van der Waals surface area contributed by atoms with Gasteiger partial charge >= 0.3 is 0 Å². The van der Waals surface area contributed by atoms with Crippen LogP contribution in [-0.2, 0) is 6.42 Å². The van der Waals surface area contributed by atoms with Gasteiger partial charge in [0, 0.05) is 19.1 Å². The molecule has 2 aliphatic rings. The molecule has 19 heavy (non-hydrogen) atoms. The van der Waals surface area contributed by atoms with Gasteiger partial charge in [0.15, 0.2) is 0 Å². The fraction of sp³-hybridized carbons (Fsp3) is 0.643. The van der Waals surface area contributed by atoms with Gasteiger partial charge in [0.05, 0.1) is 4.88 Å². The number of nitrogens with zero attached hydrogens (tertiary/aromatic N) is 1. The zero-order valence-corrected chi connectivity index (χ0v) is 12.9. The molecule has 2 atom stereocenters. The predicted molar refractivity (Wildman–Crippen MR) is 81.4 cm³/mol. The van der Waals surface area contributed by atoms with Gasteiger partial charge in [0.2, 0.25) is 0 Å². The van der Waals surface area contributed by atoms with E-state index in [1.807, 2.05) is 5.38 Å². The molecule has 0 bridgehead atoms. The van der Waals surface area contributed by atoms with Gasteiger partial charge in [-0.1, -0.05) is 6.92 Å². The van der Waals surface area contributed by atoms with E-state index in [-0.39, 0.29) is 18.3 Å². The summed E-state index contributed by atoms with van der Waals surface area (Å²) in [5.41, 5.74) is 1.21. The number of rotatable bonds is 2. The van der Waals surface area contributed by atoms with E-state index in [2.05, 4.69) is 23.2 Å². The van der Waals surface area contributed by atoms with Crippen molar-refractivity contribution in [2.75, 3.05) is 19.6 Å². The van der Waals surface area contributed by atoms with E-state index in [1.54, 1.807) is 11.3 Å². The maximum atomic E-state index is 12.5. The van der Waals surface area contributed by atoms with Crippen molar-refractivity contribution in [2.45, 2.75) is 32.2 Å². The van der Waals surface area contributed by atoms with Gasteiger partial charge in [-0.25, -0.2) is 0 Å². The number of halogens is 1. The van der Waals surface area contributed by atoms with E-state index in [4.69, 9.17) is 0 Å². The lowest BCUT2D eigenvalue weighted by Crippen LogP contribution is -2.46. The number of likely N-dealkylation sites (tertiary alicyclic amines) is 1. The van der Waals surface area contributed by atoms with Crippen LogP contribution < -0.4 is 5.32 Å². The van der Waals surface area contributed by atoms with Crippen LogP contribution in [0.2, 0.25) is 0 Å². The standard InChI is InChI=1S/C14H20N2OS.ClH/c1-2-10-5-8-18-13(10)14(17)16-7-4-12-11(9-16)3-6-15-12;/h5,8,11-12,15H,2-4,6-7,9H2,1H3;1H. The first-order chi connectivity index (χ1) is 8.79. The Morgan fingerprint density at radius 2 is 2.37 bits per heavy atom. The van der Waals surface area contributed by atoms with E-state index in [9.17, 15) is 4.79 Å². The molecule has 5 heteroatoms. The number of thiophene rings is 1. The number of amides is 1. The van der Waals surface area contributed by atoms with Gasteiger partial charge in [-0.2, -0.15) is 0 Å². The molecule has 2 unspecified atom stereocenters. The molecular weight excluding hydrogens is 280 g/mol. The van der Waals surface area contributed by atoms with Gasteiger partial charge in [-0.05, 0) is 48.7 Å². The average molecular weight is 301 g/mol. The van der Waals surface area contributed by atoms with Crippen LogP contribution in [0.1, 0.15) is 35.0 Å². The van der Waals surface area contributed by atoms with Crippen molar-refractivity contribution < 1.29 is 4.79 Å². The van der Waals surface area contributed by atoms with Crippen LogP contribution in [0, 0.1) is 5.92 Å². The van der Waals surface area contributed by atoms with Crippen molar-refractivity contribution in [3.05, 3.63) is 21.9 Å². The minimum Gasteiger partial charge on any atom is -0.338 e. The van der Waals surface area contributed by atoms with Crippen molar-refractivity contribution in [1.29, 1.82) is 0 Å². The van der Waals surface area contributed by atoms with Crippen LogP contribution in [0.4, 0.5) is 0 Å². The molecule has 2 saturated heterocycles. The summed E-state index contributed by atoms with van der Waals surface area (Å²) >= 11 is 1.59. The first kappa shape index (κ1) is 14.8. The highest BCUT2D eigenvalue weighted by Crippen LogP contribution is 2.27. The van der Waals surface area contributed by atoms with Gasteiger partial charge in [-0.3, -0.25) is 4.79 Å². The molecular formula is C14H21ClN2OS. The molecule has 1 N–H and O–H groups in total. The van der Waals surface area contributed by atoms with Crippen LogP contribution in [0.15, 0.2) is 11.4 Å². The van der Waals surface area contributed by atoms with Gasteiger partial charge < -0.3 is 10.2 Å². The topological polar surface area (TPSA) is 32.3 Å². The highest BCUT2D eigenvalue weighted by atomic mass is 35.5. The lowest BCUT2D eigenvalue weighted by molar-refractivity contribution is 0.0666. The summed E-state index contributed by atoms with van der Waals surface area (Å²) in [7, 11) is 0. The molecule has 3 rings (SSSR count). The van der Waals surface area contributed by atoms with Gasteiger partial charge in [0.1, 0.15) is 0 Å². The van der Waals surface area contributed by atoms with E-state index in [0.717, 1.165) is 37.4 Å². The average Bonchev–Trinajstić information content (AvgIpc) is 3.05. The zero-order valence-electron chi connectivity index (χ0n) is 11.2. The first-order valence-electron chi connectivity index (χ1n) is 6.88. The Balaban J connectivity index is 0.00000133. The molecule has 3 heterocycles. The Bertz CT molecular complexity index is 448. The number of hydrogen-bond acceptors (Lipinski definition) is 3. The SMILES string of the molecule is CCc1ccsc1C(=O)N1CCC2NCCC2C1.Cl. The van der Waals surface area contributed by atoms with Crippen LogP contribution in [0.5, 0.6) is 0 Å². The summed E-state index contributed by atoms with van der Waals surface area (Å²) in [6, 6.07) is 2.74. The van der Waals surface area contributed by atoms with Crippen LogP contribution in [0.3, 0.4) is 0 Å². The number of hydrogen-bond donors (Lipinski definition) is 1. The Kier molecular flexibility index (Phi) is 4.87. The van der Waals surface area contributed by atoms with Crippen molar-refractivity contribution in [2.24, 2.45) is 5.92 Å². The minimum atomic E-state index is 0. The monoisotopic (exact) mass is 300 g/mol. The summed E-state index contributed by atoms with van der Waals surface area (Å²) in [6.45, 7) is 5.09. The molecule has 1 aromatic rings. The van der Waals surface area contributed by atoms with Crippen molar-refractivity contribution >= 4 is 29.7 Å². The minimum absolute atomic E-state index is 0. The molecule has 0 spiro atoms. The Hall–Kier alpha value is -0.580. The molecule has 0 aliphatic carbocycles. The van der Waals surface area contributed by atoms with Gasteiger partial charge in [-0.15, -0.1) is 23.7 Å². The van der Waals surface area contributed by atoms with Crippen molar-refractivity contribution in [3.8, 4) is 0 Å². The number of carbonyl (C=O) groups excluding carboxylic acids is 1. The molecule has 2 fully saturated rings. The van der Waals surface area contributed by atoms with Crippen LogP contribution >= 0.6 is 23.7 Å². The molecule has 0 radical (unpaired) electrons. The lowest BCUT2D eigenvalue weighted by Gasteiger charge is -2.34. The summed E-state index contributed by atoms with van der Waals surface area (Å²) in [4.78, 5) is 15.6. The third kappa shape index (κ3) is 2.81. The molecule has 1 amide bonds. The van der Waals surface area contributed by atoms with Gasteiger partial charge in [0.25, 0.3) is 5.91 Å². The maximum Gasteiger partial charge on any atom is 0.264 e. The second-order valence-electron chi connectivity index (χ2n) is 5.28. The zero-order chi connectivity index (χ0) is 12.5. The fourth-order valence-electron chi connectivity index (χ4n) is 3.18. The molecule has 3 nitrogen and oxygen atoms in total. The number of nitrogens with one attached hydrogen (secondary N) is 1. The summed E-state index contributed by atoms with van der Waals surface area (Å²) < 4.78 is 0. The van der Waals surface area contributed by atoms with Crippen LogP contribution in [0.25, 0.3) is 0 Å². The number of piperidine rings is 1. The quantitative estimate of drug-likeness (QED) is 0.910. The Labute approximate surface area is 124 Å². The molecule has 0 saturated carbocycles. The Morgan fingerprint density at radius 3 is 3.16 bits per heavy atom. The highest BCUT2D eigenvalue weighted by Gasteiger charge is 2.35. The first-order valence-corrected chi connectivity index (χ1v) is 7.76. The van der Waals surface area contributed by atoms with E-state index >= 15 is 0 Å². The maximum absolute atomic E-state index is 12.5. The smallest absolute Gasteiger partial charge is 0.264 e. The normalized spacial score (nSPS) is 25.8. The molecule has 106 valence electrons. The number of carbonyl (C=O) groups is 1. The fourth-order valence-corrected chi connectivity index (χ4v) is 4.14. The Morgan fingerprint density at radius 1 is 1.53 bits per heavy atom. The van der Waals surface area contributed by atoms with Crippen LogP contribution in [-0.4, -0.2) is 36.5 Å². The summed E-state index contributed by atoms with van der Waals surface area (Å²) in [5, 5.41) is 5.58.